The van der Waals surface area contributed by atoms with Gasteiger partial charge < -0.3 is 15.8 Å². The Morgan fingerprint density at radius 3 is 2.44 bits per heavy atom. The van der Waals surface area contributed by atoms with Gasteiger partial charge in [0.25, 0.3) is 0 Å². The Morgan fingerprint density at radius 2 is 1.88 bits per heavy atom. The predicted molar refractivity (Wildman–Crippen MR) is 101 cm³/mol. The Hall–Kier alpha value is -1.64. The third-order valence-electron chi connectivity index (χ3n) is 4.05. The molecule has 0 amide bonds. The molecule has 0 spiro atoms. The van der Waals surface area contributed by atoms with Gasteiger partial charge in [0.2, 0.25) is 10.0 Å². The van der Waals surface area contributed by atoms with Crippen LogP contribution in [0, 0.1) is 0 Å². The zero-order chi connectivity index (χ0) is 18.4. The van der Waals surface area contributed by atoms with Gasteiger partial charge in [-0.2, -0.15) is 4.31 Å². The lowest BCUT2D eigenvalue weighted by molar-refractivity contribution is -0.0440. The molecule has 0 bridgehead atoms. The minimum Gasteiger partial charge on any atom is -0.373 e. The molecule has 1 heterocycles. The zero-order valence-corrected chi connectivity index (χ0v) is 15.9. The number of benzene rings is 1. The normalized spacial score (nSPS) is 22.8. The Morgan fingerprint density at radius 1 is 1.28 bits per heavy atom. The second-order valence-electron chi connectivity index (χ2n) is 6.33. The van der Waals surface area contributed by atoms with E-state index in [9.17, 15) is 8.42 Å². The molecule has 140 valence electrons. The van der Waals surface area contributed by atoms with Gasteiger partial charge in [-0.05, 0) is 38.0 Å². The van der Waals surface area contributed by atoms with Crippen molar-refractivity contribution in [3.8, 4) is 0 Å². The average molecular weight is 369 g/mol. The number of morpholine rings is 1. The standard InChI is InChI=1S/C17H28N4O3S/c1-4-15-5-7-16(8-6-15)20-17(18)19-9-10-25(22,23)21-11-13(2)24-14(3)12-21/h5-8,13-14H,4,9-12H2,1-3H3,(H3,18,19,20). The van der Waals surface area contributed by atoms with Gasteiger partial charge in [0, 0.05) is 18.8 Å². The number of hydrogen-bond acceptors (Lipinski definition) is 4. The first-order valence-corrected chi connectivity index (χ1v) is 10.2. The monoisotopic (exact) mass is 368 g/mol. The molecular weight excluding hydrogens is 340 g/mol. The second-order valence-corrected chi connectivity index (χ2v) is 8.42. The van der Waals surface area contributed by atoms with Crippen molar-refractivity contribution in [1.29, 1.82) is 0 Å². The van der Waals surface area contributed by atoms with Crippen LogP contribution >= 0.6 is 0 Å². The molecule has 1 aromatic carbocycles. The van der Waals surface area contributed by atoms with Crippen LogP contribution in [-0.4, -0.2) is 56.3 Å². The van der Waals surface area contributed by atoms with Gasteiger partial charge in [0.15, 0.2) is 5.96 Å². The average Bonchev–Trinajstić information content (AvgIpc) is 2.54. The van der Waals surface area contributed by atoms with Crippen molar-refractivity contribution in [1.82, 2.24) is 4.31 Å². The first-order chi connectivity index (χ1) is 11.8. The summed E-state index contributed by atoms with van der Waals surface area (Å²) >= 11 is 0. The summed E-state index contributed by atoms with van der Waals surface area (Å²) in [4.78, 5) is 4.13. The van der Waals surface area contributed by atoms with Crippen molar-refractivity contribution in [2.45, 2.75) is 39.4 Å². The molecule has 2 atom stereocenters. The molecule has 2 rings (SSSR count). The third kappa shape index (κ3) is 5.98. The minimum atomic E-state index is -3.36. The van der Waals surface area contributed by atoms with E-state index in [1.807, 2.05) is 38.1 Å². The number of aryl methyl sites for hydroxylation is 1. The summed E-state index contributed by atoms with van der Waals surface area (Å²) in [5.74, 6) is 0.145. The molecule has 0 aromatic heterocycles. The number of nitrogens with one attached hydrogen (secondary N) is 1. The lowest BCUT2D eigenvalue weighted by Gasteiger charge is -2.34. The van der Waals surface area contributed by atoms with E-state index >= 15 is 0 Å². The Kier molecular flexibility index (Phi) is 6.80. The largest absolute Gasteiger partial charge is 0.373 e. The number of guanidine groups is 1. The number of anilines is 1. The highest BCUT2D eigenvalue weighted by Crippen LogP contribution is 2.15. The zero-order valence-electron chi connectivity index (χ0n) is 15.1. The van der Waals surface area contributed by atoms with Crippen molar-refractivity contribution >= 4 is 21.7 Å². The first-order valence-electron chi connectivity index (χ1n) is 8.59. The van der Waals surface area contributed by atoms with Crippen LogP contribution in [0.5, 0.6) is 0 Å². The Balaban J connectivity index is 1.87. The number of hydrogen-bond donors (Lipinski definition) is 2. The topological polar surface area (TPSA) is 97.0 Å². The predicted octanol–water partition coefficient (Wildman–Crippen LogP) is 1.41. The molecule has 8 heteroatoms. The van der Waals surface area contributed by atoms with Crippen LogP contribution in [0.4, 0.5) is 5.69 Å². The molecule has 1 saturated heterocycles. The van der Waals surface area contributed by atoms with Gasteiger partial charge in [-0.25, -0.2) is 8.42 Å². The van der Waals surface area contributed by atoms with E-state index in [-0.39, 0.29) is 30.5 Å². The molecule has 0 radical (unpaired) electrons. The summed E-state index contributed by atoms with van der Waals surface area (Å²) in [7, 11) is -3.36. The molecule has 1 aromatic rings. The highest BCUT2D eigenvalue weighted by molar-refractivity contribution is 7.89. The maximum absolute atomic E-state index is 12.4. The second kappa shape index (κ2) is 8.64. The van der Waals surface area contributed by atoms with Crippen molar-refractivity contribution < 1.29 is 13.2 Å². The Bertz CT molecular complexity index is 678. The fraction of sp³-hybridized carbons (Fsp3) is 0.588. The molecule has 25 heavy (non-hydrogen) atoms. The molecule has 2 unspecified atom stereocenters. The molecule has 0 saturated carbocycles. The maximum atomic E-state index is 12.4. The fourth-order valence-electron chi connectivity index (χ4n) is 2.78. The first kappa shape index (κ1) is 19.7. The van der Waals surface area contributed by atoms with Crippen LogP contribution in [0.15, 0.2) is 29.3 Å². The van der Waals surface area contributed by atoms with Crippen molar-refractivity contribution in [3.05, 3.63) is 29.8 Å². The lowest BCUT2D eigenvalue weighted by atomic mass is 10.1. The number of nitrogens with zero attached hydrogens (tertiary/aromatic N) is 2. The van der Waals surface area contributed by atoms with Gasteiger partial charge in [0.05, 0.1) is 24.5 Å². The van der Waals surface area contributed by atoms with Crippen LogP contribution in [0.1, 0.15) is 26.3 Å². The van der Waals surface area contributed by atoms with E-state index in [4.69, 9.17) is 10.5 Å². The van der Waals surface area contributed by atoms with Gasteiger partial charge in [-0.1, -0.05) is 19.1 Å². The van der Waals surface area contributed by atoms with Crippen LogP contribution in [0.25, 0.3) is 0 Å². The quantitative estimate of drug-likeness (QED) is 0.585. The van der Waals surface area contributed by atoms with Crippen LogP contribution in [-0.2, 0) is 21.2 Å². The Labute approximate surface area is 150 Å². The molecule has 7 nitrogen and oxygen atoms in total. The molecule has 0 aliphatic carbocycles. The molecular formula is C17H28N4O3S. The number of ether oxygens (including phenoxy) is 1. The SMILES string of the molecule is CCc1ccc(NC(N)=NCCS(=O)(=O)N2CC(C)OC(C)C2)cc1. The number of nitrogens with two attached hydrogens (primary N) is 1. The van der Waals surface area contributed by atoms with Crippen molar-refractivity contribution in [2.75, 3.05) is 30.7 Å². The van der Waals surface area contributed by atoms with E-state index in [0.717, 1.165) is 12.1 Å². The summed E-state index contributed by atoms with van der Waals surface area (Å²) in [5, 5.41) is 2.97. The van der Waals surface area contributed by atoms with Crippen LogP contribution < -0.4 is 11.1 Å². The molecule has 1 aliphatic rings. The van der Waals surface area contributed by atoms with E-state index in [1.165, 1.54) is 9.87 Å². The van der Waals surface area contributed by atoms with Crippen LogP contribution in [0.2, 0.25) is 0 Å². The number of aliphatic imine (C=N–C) groups is 1. The summed E-state index contributed by atoms with van der Waals surface area (Å²) in [6, 6.07) is 7.88. The maximum Gasteiger partial charge on any atom is 0.216 e. The highest BCUT2D eigenvalue weighted by atomic mass is 32.2. The van der Waals surface area contributed by atoms with Gasteiger partial charge >= 0.3 is 0 Å². The smallest absolute Gasteiger partial charge is 0.216 e. The molecule has 3 N–H and O–H groups in total. The summed E-state index contributed by atoms with van der Waals surface area (Å²) in [5.41, 5.74) is 7.91. The van der Waals surface area contributed by atoms with Gasteiger partial charge in [-0.3, -0.25) is 4.99 Å². The summed E-state index contributed by atoms with van der Waals surface area (Å²) in [6.45, 7) is 6.73. The highest BCUT2D eigenvalue weighted by Gasteiger charge is 2.30. The lowest BCUT2D eigenvalue weighted by Crippen LogP contribution is -2.49. The van der Waals surface area contributed by atoms with E-state index in [1.54, 1.807) is 0 Å². The van der Waals surface area contributed by atoms with E-state index in [0.29, 0.717) is 13.1 Å². The minimum absolute atomic E-state index is 0.0659. The van der Waals surface area contributed by atoms with Crippen molar-refractivity contribution in [2.24, 2.45) is 10.7 Å². The summed E-state index contributed by atoms with van der Waals surface area (Å²) in [6.07, 6.45) is 0.778. The van der Waals surface area contributed by atoms with Crippen molar-refractivity contribution in [3.63, 3.8) is 0 Å². The number of rotatable bonds is 6. The molecule has 1 aliphatic heterocycles. The fourth-order valence-corrected chi connectivity index (χ4v) is 4.23. The number of sulfonamides is 1. The summed E-state index contributed by atoms with van der Waals surface area (Å²) < 4.78 is 31.9. The third-order valence-corrected chi connectivity index (χ3v) is 5.83. The van der Waals surface area contributed by atoms with E-state index < -0.39 is 10.0 Å². The van der Waals surface area contributed by atoms with Gasteiger partial charge in [-0.15, -0.1) is 0 Å². The molecule has 1 fully saturated rings. The van der Waals surface area contributed by atoms with Crippen LogP contribution in [0.3, 0.4) is 0 Å². The van der Waals surface area contributed by atoms with E-state index in [2.05, 4.69) is 17.2 Å². The van der Waals surface area contributed by atoms with Gasteiger partial charge in [0.1, 0.15) is 0 Å².